The average molecular weight is 231 g/mol. The summed E-state index contributed by atoms with van der Waals surface area (Å²) in [7, 11) is 0. The molecule has 0 unspecified atom stereocenters. The molecule has 0 N–H and O–H groups in total. The van der Waals surface area contributed by atoms with Gasteiger partial charge in [-0.25, -0.2) is 0 Å². The van der Waals surface area contributed by atoms with E-state index in [1.54, 1.807) is 11.0 Å². The van der Waals surface area contributed by atoms with Crippen molar-refractivity contribution in [1.29, 1.82) is 0 Å². The fraction of sp³-hybridized carbons (Fsp3) is 0.400. The molecule has 2 nitrogen and oxygen atoms in total. The largest absolute Gasteiger partial charge is 0.340 e. The third-order valence-electron chi connectivity index (χ3n) is 3.02. The number of hydrogen-bond donors (Lipinski definition) is 0. The van der Waals surface area contributed by atoms with Crippen LogP contribution in [-0.4, -0.2) is 23.9 Å². The molecule has 2 heteroatoms. The van der Waals surface area contributed by atoms with Gasteiger partial charge in [-0.2, -0.15) is 0 Å². The molecule has 0 aliphatic rings. The maximum atomic E-state index is 11.8. The molecule has 92 valence electrons. The van der Waals surface area contributed by atoms with Crippen LogP contribution in [0.4, 0.5) is 0 Å². The summed E-state index contributed by atoms with van der Waals surface area (Å²) in [4.78, 5) is 13.6. The maximum Gasteiger partial charge on any atom is 0.246 e. The Kier molecular flexibility index (Phi) is 4.95. The Hall–Kier alpha value is -1.57. The summed E-state index contributed by atoms with van der Waals surface area (Å²) in [5, 5.41) is 0. The SMILES string of the molecule is CCN(CC)C(=O)C=Cc1ccc(C)c(C)c1. The highest BCUT2D eigenvalue weighted by molar-refractivity contribution is 5.91. The zero-order valence-corrected chi connectivity index (χ0v) is 11.2. The van der Waals surface area contributed by atoms with E-state index in [-0.39, 0.29) is 5.91 Å². The van der Waals surface area contributed by atoms with Gasteiger partial charge in [0, 0.05) is 19.2 Å². The number of likely N-dealkylation sites (N-methyl/N-ethyl adjacent to an activating group) is 1. The molecule has 1 rings (SSSR count). The van der Waals surface area contributed by atoms with Crippen LogP contribution in [0.5, 0.6) is 0 Å². The topological polar surface area (TPSA) is 20.3 Å². The number of hydrogen-bond acceptors (Lipinski definition) is 1. The number of nitrogens with zero attached hydrogens (tertiary/aromatic N) is 1. The van der Waals surface area contributed by atoms with Crippen LogP contribution in [0, 0.1) is 13.8 Å². The molecule has 0 bridgehead atoms. The number of carbonyl (C=O) groups is 1. The van der Waals surface area contributed by atoms with Gasteiger partial charge in [0.15, 0.2) is 0 Å². The monoisotopic (exact) mass is 231 g/mol. The smallest absolute Gasteiger partial charge is 0.246 e. The molecular formula is C15H21NO. The summed E-state index contributed by atoms with van der Waals surface area (Å²) in [5.41, 5.74) is 3.60. The van der Waals surface area contributed by atoms with Gasteiger partial charge in [0.25, 0.3) is 0 Å². The minimum Gasteiger partial charge on any atom is -0.340 e. The Morgan fingerprint density at radius 3 is 2.35 bits per heavy atom. The number of rotatable bonds is 4. The summed E-state index contributed by atoms with van der Waals surface area (Å²) in [6.45, 7) is 9.67. The van der Waals surface area contributed by atoms with Crippen molar-refractivity contribution >= 4 is 12.0 Å². The van der Waals surface area contributed by atoms with Crippen LogP contribution in [0.3, 0.4) is 0 Å². The molecule has 0 aliphatic carbocycles. The van der Waals surface area contributed by atoms with Gasteiger partial charge in [0.2, 0.25) is 5.91 Å². The first-order valence-electron chi connectivity index (χ1n) is 6.12. The first-order valence-corrected chi connectivity index (χ1v) is 6.12. The molecule has 0 radical (unpaired) electrons. The van der Waals surface area contributed by atoms with E-state index in [1.165, 1.54) is 11.1 Å². The third-order valence-corrected chi connectivity index (χ3v) is 3.02. The minimum absolute atomic E-state index is 0.0771. The van der Waals surface area contributed by atoms with Gasteiger partial charge in [-0.3, -0.25) is 4.79 Å². The Balaban J connectivity index is 2.76. The van der Waals surface area contributed by atoms with Crippen molar-refractivity contribution in [3.63, 3.8) is 0 Å². The summed E-state index contributed by atoms with van der Waals surface area (Å²) < 4.78 is 0. The predicted octanol–water partition coefficient (Wildman–Crippen LogP) is 3.19. The maximum absolute atomic E-state index is 11.8. The lowest BCUT2D eigenvalue weighted by Gasteiger charge is -2.15. The molecule has 0 heterocycles. The lowest BCUT2D eigenvalue weighted by Crippen LogP contribution is -2.28. The standard InChI is InChI=1S/C15H21NO/c1-5-16(6-2)15(17)10-9-14-8-7-12(3)13(4)11-14/h7-11H,5-6H2,1-4H3. The van der Waals surface area contributed by atoms with Crippen molar-refractivity contribution in [1.82, 2.24) is 4.90 Å². The van der Waals surface area contributed by atoms with Crippen molar-refractivity contribution in [2.45, 2.75) is 27.7 Å². The van der Waals surface area contributed by atoms with Gasteiger partial charge >= 0.3 is 0 Å². The lowest BCUT2D eigenvalue weighted by molar-refractivity contribution is -0.125. The quantitative estimate of drug-likeness (QED) is 0.729. The third kappa shape index (κ3) is 3.74. The number of aryl methyl sites for hydroxylation is 2. The zero-order valence-electron chi connectivity index (χ0n) is 11.2. The molecule has 1 amide bonds. The second-order valence-electron chi connectivity index (χ2n) is 4.19. The fourth-order valence-electron chi connectivity index (χ4n) is 1.68. The van der Waals surface area contributed by atoms with Crippen LogP contribution in [0.25, 0.3) is 6.08 Å². The van der Waals surface area contributed by atoms with E-state index < -0.39 is 0 Å². The van der Waals surface area contributed by atoms with Crippen LogP contribution in [0.2, 0.25) is 0 Å². The Bertz CT molecular complexity index is 417. The molecule has 0 saturated carbocycles. The normalized spacial score (nSPS) is 10.8. The summed E-state index contributed by atoms with van der Waals surface area (Å²) in [6.07, 6.45) is 3.53. The summed E-state index contributed by atoms with van der Waals surface area (Å²) in [5.74, 6) is 0.0771. The van der Waals surface area contributed by atoms with E-state index in [4.69, 9.17) is 0 Å². The highest BCUT2D eigenvalue weighted by Crippen LogP contribution is 2.11. The van der Waals surface area contributed by atoms with Gasteiger partial charge in [-0.15, -0.1) is 0 Å². The highest BCUT2D eigenvalue weighted by Gasteiger charge is 2.04. The average Bonchev–Trinajstić information content (AvgIpc) is 2.32. The molecular weight excluding hydrogens is 210 g/mol. The second-order valence-corrected chi connectivity index (χ2v) is 4.19. The van der Waals surface area contributed by atoms with E-state index >= 15 is 0 Å². The van der Waals surface area contributed by atoms with Gasteiger partial charge in [0.05, 0.1) is 0 Å². The van der Waals surface area contributed by atoms with Crippen LogP contribution in [0.15, 0.2) is 24.3 Å². The first-order chi connectivity index (χ1) is 8.08. The van der Waals surface area contributed by atoms with Crippen LogP contribution < -0.4 is 0 Å². The van der Waals surface area contributed by atoms with Crippen molar-refractivity contribution in [3.8, 4) is 0 Å². The van der Waals surface area contributed by atoms with Crippen molar-refractivity contribution in [3.05, 3.63) is 41.0 Å². The molecule has 0 aliphatic heterocycles. The van der Waals surface area contributed by atoms with Gasteiger partial charge in [0.1, 0.15) is 0 Å². The van der Waals surface area contributed by atoms with Crippen molar-refractivity contribution in [2.75, 3.05) is 13.1 Å². The van der Waals surface area contributed by atoms with E-state index in [9.17, 15) is 4.79 Å². The van der Waals surface area contributed by atoms with Crippen LogP contribution in [-0.2, 0) is 4.79 Å². The molecule has 17 heavy (non-hydrogen) atoms. The molecule has 0 aromatic heterocycles. The molecule has 0 spiro atoms. The van der Waals surface area contributed by atoms with Gasteiger partial charge in [-0.1, -0.05) is 18.2 Å². The van der Waals surface area contributed by atoms with Crippen molar-refractivity contribution < 1.29 is 4.79 Å². The lowest BCUT2D eigenvalue weighted by atomic mass is 10.1. The predicted molar refractivity (Wildman–Crippen MR) is 72.9 cm³/mol. The Labute approximate surface area is 104 Å². The molecule has 0 fully saturated rings. The van der Waals surface area contributed by atoms with E-state index in [0.29, 0.717) is 0 Å². The van der Waals surface area contributed by atoms with E-state index in [1.807, 2.05) is 26.0 Å². The van der Waals surface area contributed by atoms with Crippen LogP contribution >= 0.6 is 0 Å². The molecule has 1 aromatic carbocycles. The first kappa shape index (κ1) is 13.5. The zero-order chi connectivity index (χ0) is 12.8. The van der Waals surface area contributed by atoms with Gasteiger partial charge < -0.3 is 4.90 Å². The number of carbonyl (C=O) groups excluding carboxylic acids is 1. The van der Waals surface area contributed by atoms with Gasteiger partial charge in [-0.05, 0) is 50.5 Å². The summed E-state index contributed by atoms with van der Waals surface area (Å²) in [6, 6.07) is 6.21. The number of benzene rings is 1. The van der Waals surface area contributed by atoms with Crippen molar-refractivity contribution in [2.24, 2.45) is 0 Å². The summed E-state index contributed by atoms with van der Waals surface area (Å²) >= 11 is 0. The fourth-order valence-corrected chi connectivity index (χ4v) is 1.68. The second kappa shape index (κ2) is 6.24. The Morgan fingerprint density at radius 2 is 1.82 bits per heavy atom. The Morgan fingerprint density at radius 1 is 1.18 bits per heavy atom. The molecule has 0 atom stereocenters. The molecule has 0 saturated heterocycles. The van der Waals surface area contributed by atoms with E-state index in [2.05, 4.69) is 26.0 Å². The highest BCUT2D eigenvalue weighted by atomic mass is 16.2. The minimum atomic E-state index is 0.0771. The van der Waals surface area contributed by atoms with Crippen LogP contribution in [0.1, 0.15) is 30.5 Å². The number of amides is 1. The van der Waals surface area contributed by atoms with E-state index in [0.717, 1.165) is 18.7 Å². The molecule has 1 aromatic rings.